The smallest absolute Gasteiger partial charge is 0.378 e. The predicted octanol–water partition coefficient (Wildman–Crippen LogP) is 2.51. The van der Waals surface area contributed by atoms with E-state index in [1.54, 1.807) is 27.7 Å². The molecule has 0 aliphatic rings. The van der Waals surface area contributed by atoms with Gasteiger partial charge >= 0.3 is 5.51 Å². The van der Waals surface area contributed by atoms with Crippen molar-refractivity contribution in [3.8, 4) is 0 Å². The molecule has 14 nitrogen and oxygen atoms in total. The highest BCUT2D eigenvalue weighted by atomic mass is 32.2. The Morgan fingerprint density at radius 1 is 0.681 bits per heavy atom. The first-order valence-corrected chi connectivity index (χ1v) is 21.2. The maximum Gasteiger partial charge on any atom is 0.476 e. The minimum atomic E-state index is -4.81. The lowest BCUT2D eigenvalue weighted by Crippen LogP contribution is -2.48. The molecule has 47 heavy (non-hydrogen) atoms. The van der Waals surface area contributed by atoms with Gasteiger partial charge in [-0.05, 0) is 73.0 Å². The number of alkyl halides is 3. The fraction of sp³-hybridized carbons (Fsp3) is 0.885. The number of hydrogen-bond acceptors (Lipinski definition) is 9. The van der Waals surface area contributed by atoms with Crippen molar-refractivity contribution >= 4 is 57.2 Å². The van der Waals surface area contributed by atoms with Crippen LogP contribution in [0.3, 0.4) is 0 Å². The Labute approximate surface area is 282 Å². The highest BCUT2D eigenvalue weighted by molar-refractivity contribution is 7.99. The van der Waals surface area contributed by atoms with Gasteiger partial charge in [-0.1, -0.05) is 13.8 Å². The van der Waals surface area contributed by atoms with Gasteiger partial charge in [-0.2, -0.15) is 21.6 Å². The molecule has 0 aromatic rings. The Morgan fingerprint density at radius 2 is 1.04 bits per heavy atom. The van der Waals surface area contributed by atoms with E-state index in [4.69, 9.17) is 27.9 Å². The second-order valence-electron chi connectivity index (χ2n) is 11.7. The average Bonchev–Trinajstić information content (AvgIpc) is 2.75. The van der Waals surface area contributed by atoms with E-state index in [1.165, 1.54) is 0 Å². The number of nitrogens with one attached hydrogen (secondary N) is 3. The molecule has 0 bridgehead atoms. The first-order chi connectivity index (χ1) is 20.6. The highest BCUT2D eigenvalue weighted by Crippen LogP contribution is 2.21. The molecule has 0 aliphatic carbocycles. The largest absolute Gasteiger partial charge is 0.476 e. The lowest BCUT2D eigenvalue weighted by molar-refractivity contribution is -0.0404. The SMILES string of the molecule is C=S(=O)(NCCOC(C)C)C(F)(F)F.C=S(=O)(O)CC(C)(C)NC(C)C.C=S(=O)(O)NCCOC(C)C.CC(C)OCCS(=O)(=O)O. The molecule has 3 unspecified atom stereocenters. The lowest BCUT2D eigenvalue weighted by atomic mass is 10.1. The molecular weight excluding hydrogens is 716 g/mol. The molecule has 0 aromatic heterocycles. The highest BCUT2D eigenvalue weighted by Gasteiger charge is 2.39. The van der Waals surface area contributed by atoms with E-state index in [1.807, 2.05) is 46.3 Å². The van der Waals surface area contributed by atoms with E-state index < -0.39 is 45.1 Å². The number of hydrogen-bond donors (Lipinski definition) is 6. The topological polar surface area (TPSA) is 210 Å². The van der Waals surface area contributed by atoms with Crippen molar-refractivity contribution in [3.05, 3.63) is 0 Å². The number of ether oxygens (including phenoxy) is 3. The van der Waals surface area contributed by atoms with Crippen LogP contribution < -0.4 is 14.8 Å². The molecule has 0 saturated heterocycles. The van der Waals surface area contributed by atoms with Gasteiger partial charge in [0.15, 0.2) is 0 Å². The first kappa shape index (κ1) is 53.2. The summed E-state index contributed by atoms with van der Waals surface area (Å²) in [4.78, 5) is 0. The third kappa shape index (κ3) is 47.6. The summed E-state index contributed by atoms with van der Waals surface area (Å²) in [6, 6.07) is 0.307. The van der Waals surface area contributed by atoms with Crippen LogP contribution in [0.5, 0.6) is 0 Å². The Morgan fingerprint density at radius 3 is 1.32 bits per heavy atom. The zero-order valence-corrected chi connectivity index (χ0v) is 32.5. The molecule has 0 aromatic carbocycles. The molecule has 0 heterocycles. The van der Waals surface area contributed by atoms with Crippen molar-refractivity contribution in [3.63, 3.8) is 0 Å². The standard InChI is InChI=1S/C8H19NO2S.C7H14F3NO2S.C6H15NO3S.C5H12O4S/c1-7(2)9-8(3,4)6-12(5,10)11;1-6(2)13-5-4-11-14(3,12)7(8,9)10;1-6(2)10-5-4-7-11(3,8)9;1-5(2)9-3-4-10(6,7)8/h7,9H,5-6H2,1-4H3,(H,10,11);6H,3-5H2,1-2H3,(H,11,12);6H,3-5H2,1-2H3,(H2,7,8,9);5H,3-4H2,1-2H3,(H,6,7,8). The second kappa shape index (κ2) is 24.6. The molecule has 0 rings (SSSR count). The molecule has 21 heteroatoms. The first-order valence-electron chi connectivity index (χ1n) is 14.3. The zero-order valence-electron chi connectivity index (χ0n) is 29.3. The van der Waals surface area contributed by atoms with Crippen molar-refractivity contribution in [2.24, 2.45) is 0 Å². The minimum absolute atomic E-state index is 0.00162. The van der Waals surface area contributed by atoms with Crippen molar-refractivity contribution in [2.45, 2.75) is 105 Å². The summed E-state index contributed by atoms with van der Waals surface area (Å²) >= 11 is 0. The van der Waals surface area contributed by atoms with E-state index in [0.29, 0.717) is 19.2 Å². The van der Waals surface area contributed by atoms with Crippen LogP contribution in [-0.4, -0.2) is 132 Å². The number of rotatable bonds is 18. The van der Waals surface area contributed by atoms with Gasteiger partial charge in [0.05, 0.1) is 59.4 Å². The molecule has 0 amide bonds. The maximum absolute atomic E-state index is 12.0. The molecule has 6 N–H and O–H groups in total. The molecule has 290 valence electrons. The van der Waals surface area contributed by atoms with Gasteiger partial charge < -0.3 is 28.6 Å². The van der Waals surface area contributed by atoms with Crippen molar-refractivity contribution in [1.29, 1.82) is 0 Å². The van der Waals surface area contributed by atoms with Crippen molar-refractivity contribution < 1.29 is 62.1 Å². The summed E-state index contributed by atoms with van der Waals surface area (Å²) in [5, 5.41) is 3.20. The van der Waals surface area contributed by atoms with Crippen LogP contribution in [0.1, 0.15) is 69.2 Å². The van der Waals surface area contributed by atoms with Crippen LogP contribution in [0.25, 0.3) is 0 Å². The molecule has 3 atom stereocenters. The van der Waals surface area contributed by atoms with Gasteiger partial charge in [0.2, 0.25) is 0 Å². The fourth-order valence-electron chi connectivity index (χ4n) is 2.85. The molecule has 0 spiro atoms. The third-order valence-electron chi connectivity index (χ3n) is 4.20. The van der Waals surface area contributed by atoms with Crippen LogP contribution in [0, 0.1) is 0 Å². The maximum atomic E-state index is 12.0. The van der Waals surface area contributed by atoms with E-state index >= 15 is 0 Å². The van der Waals surface area contributed by atoms with Gasteiger partial charge in [0, 0.05) is 24.7 Å². The summed E-state index contributed by atoms with van der Waals surface area (Å²) in [6.07, 6.45) is 0.0849. The summed E-state index contributed by atoms with van der Waals surface area (Å²) in [5.74, 6) is 8.65. The predicted molar refractivity (Wildman–Crippen MR) is 190 cm³/mol. The zero-order chi connectivity index (χ0) is 38.5. The minimum Gasteiger partial charge on any atom is -0.378 e. The average molecular weight is 776 g/mol. The van der Waals surface area contributed by atoms with E-state index in [0.717, 1.165) is 0 Å². The molecular formula is C26H60F3N3O11S4. The van der Waals surface area contributed by atoms with Gasteiger partial charge in [-0.15, -0.1) is 0 Å². The van der Waals surface area contributed by atoms with Crippen LogP contribution in [0.15, 0.2) is 0 Å². The molecule has 0 fully saturated rings. The summed E-state index contributed by atoms with van der Waals surface area (Å²) in [7, 11) is -14.0. The van der Waals surface area contributed by atoms with E-state index in [-0.39, 0.29) is 55.1 Å². The van der Waals surface area contributed by atoms with Crippen molar-refractivity contribution in [2.75, 3.05) is 44.4 Å². The molecule has 0 saturated carbocycles. The van der Waals surface area contributed by atoms with Gasteiger partial charge in [0.25, 0.3) is 10.1 Å². The third-order valence-corrected chi connectivity index (χ3v) is 8.13. The Hall–Kier alpha value is -0.560. The quantitative estimate of drug-likeness (QED) is 0.0675. The van der Waals surface area contributed by atoms with E-state index in [2.05, 4.69) is 27.7 Å². The van der Waals surface area contributed by atoms with Crippen LogP contribution >= 0.6 is 0 Å². The van der Waals surface area contributed by atoms with Crippen LogP contribution in [0.4, 0.5) is 13.2 Å². The van der Waals surface area contributed by atoms with Crippen molar-refractivity contribution in [1.82, 2.24) is 14.8 Å². The Balaban J connectivity index is -0.000000264. The normalized spacial score (nSPS) is 16.2. The van der Waals surface area contributed by atoms with Gasteiger partial charge in [-0.25, -0.2) is 22.1 Å². The monoisotopic (exact) mass is 775 g/mol. The second-order valence-corrected chi connectivity index (χ2v) is 18.8. The Kier molecular flexibility index (Phi) is 27.8. The summed E-state index contributed by atoms with van der Waals surface area (Å²) in [5.41, 5.74) is -5.15. The van der Waals surface area contributed by atoms with Crippen LogP contribution in [-0.2, 0) is 53.8 Å². The van der Waals surface area contributed by atoms with Crippen LogP contribution in [0.2, 0.25) is 0 Å². The molecule has 0 radical (unpaired) electrons. The fourth-order valence-corrected chi connectivity index (χ4v) is 5.35. The number of halogens is 3. The summed E-state index contributed by atoms with van der Waals surface area (Å²) in [6.45, 7) is 19.5. The summed E-state index contributed by atoms with van der Waals surface area (Å²) < 4.78 is 133. The van der Waals surface area contributed by atoms with Gasteiger partial charge in [-0.3, -0.25) is 4.55 Å². The van der Waals surface area contributed by atoms with Gasteiger partial charge in [0.1, 0.15) is 19.7 Å². The lowest BCUT2D eigenvalue weighted by Gasteiger charge is -2.28. The Bertz CT molecular complexity index is 1240. The van der Waals surface area contributed by atoms with E-state index in [9.17, 15) is 34.2 Å². The molecule has 0 aliphatic heterocycles.